The first-order chi connectivity index (χ1) is 14.6. The fourth-order valence-electron chi connectivity index (χ4n) is 3.38. The maximum atomic E-state index is 11.9. The Morgan fingerprint density at radius 1 is 0.806 bits per heavy atom. The first-order valence-electron chi connectivity index (χ1n) is 9.57. The third kappa shape index (κ3) is 6.42. The van der Waals surface area contributed by atoms with Gasteiger partial charge in [-0.3, -0.25) is 19.2 Å². The van der Waals surface area contributed by atoms with Gasteiger partial charge in [-0.05, 0) is 6.07 Å². The summed E-state index contributed by atoms with van der Waals surface area (Å²) in [6, 6.07) is 6.85. The summed E-state index contributed by atoms with van der Waals surface area (Å²) >= 11 is 0. The maximum Gasteiger partial charge on any atom is 0.303 e. The third-order valence-electron chi connectivity index (χ3n) is 4.44. The molecule has 31 heavy (non-hydrogen) atoms. The predicted molar refractivity (Wildman–Crippen MR) is 104 cm³/mol. The van der Waals surface area contributed by atoms with Crippen LogP contribution in [0, 0.1) is 0 Å². The fraction of sp³-hybridized carbons (Fsp3) is 0.524. The van der Waals surface area contributed by atoms with Gasteiger partial charge in [-0.25, -0.2) is 0 Å². The lowest BCUT2D eigenvalue weighted by molar-refractivity contribution is -0.254. The Bertz CT molecular complexity index is 820. The molecule has 1 saturated heterocycles. The van der Waals surface area contributed by atoms with E-state index in [0.29, 0.717) is 11.3 Å². The molecule has 1 aromatic rings. The molecule has 10 nitrogen and oxygen atoms in total. The van der Waals surface area contributed by atoms with E-state index in [4.69, 9.17) is 28.4 Å². The SMILES string of the molecule is COc1ccccc1C1O[C@H](COC(C)=O)[C@@H](OC(C)=O)[C@H](OC(C)=O)[C@H]1OC(C)=O. The van der Waals surface area contributed by atoms with Gasteiger partial charge in [-0.15, -0.1) is 0 Å². The molecule has 0 spiro atoms. The first kappa shape index (κ1) is 24.1. The van der Waals surface area contributed by atoms with Crippen molar-refractivity contribution in [3.05, 3.63) is 29.8 Å². The van der Waals surface area contributed by atoms with Gasteiger partial charge in [0, 0.05) is 33.3 Å². The number of para-hydroxylation sites is 1. The van der Waals surface area contributed by atoms with Crippen molar-refractivity contribution in [1.29, 1.82) is 0 Å². The maximum absolute atomic E-state index is 11.9. The minimum absolute atomic E-state index is 0.288. The predicted octanol–water partition coefficient (Wildman–Crippen LogP) is 1.49. The summed E-state index contributed by atoms with van der Waals surface area (Å²) in [6.07, 6.45) is -5.59. The average Bonchev–Trinajstić information content (AvgIpc) is 2.68. The van der Waals surface area contributed by atoms with Crippen LogP contribution >= 0.6 is 0 Å². The van der Waals surface area contributed by atoms with Gasteiger partial charge in [-0.1, -0.05) is 18.2 Å². The Kier molecular flexibility index (Phi) is 8.38. The highest BCUT2D eigenvalue weighted by Crippen LogP contribution is 2.40. The lowest BCUT2D eigenvalue weighted by atomic mass is 9.90. The zero-order valence-electron chi connectivity index (χ0n) is 18.0. The van der Waals surface area contributed by atoms with Crippen LogP contribution in [0.4, 0.5) is 0 Å². The monoisotopic (exact) mass is 438 g/mol. The standard InChI is InChI=1S/C21H26O10/c1-11(22)27-10-17-19(28-12(2)23)21(30-14(4)25)20(29-13(3)24)18(31-17)15-8-6-7-9-16(15)26-5/h6-9,17-21H,10H2,1-5H3/t17-,18?,19-,20+,21+/m1/s1. The average molecular weight is 438 g/mol. The number of hydrogen-bond donors (Lipinski definition) is 0. The zero-order chi connectivity index (χ0) is 23.1. The van der Waals surface area contributed by atoms with Crippen molar-refractivity contribution in [3.63, 3.8) is 0 Å². The van der Waals surface area contributed by atoms with Gasteiger partial charge in [0.15, 0.2) is 18.3 Å². The van der Waals surface area contributed by atoms with Crippen molar-refractivity contribution in [2.24, 2.45) is 0 Å². The highest BCUT2D eigenvalue weighted by Gasteiger charge is 2.53. The van der Waals surface area contributed by atoms with E-state index in [1.54, 1.807) is 24.3 Å². The fourth-order valence-corrected chi connectivity index (χ4v) is 3.38. The van der Waals surface area contributed by atoms with Crippen molar-refractivity contribution in [3.8, 4) is 5.75 Å². The number of hydrogen-bond acceptors (Lipinski definition) is 10. The summed E-state index contributed by atoms with van der Waals surface area (Å²) in [6.45, 7) is 4.46. The number of methoxy groups -OCH3 is 1. The van der Waals surface area contributed by atoms with Crippen molar-refractivity contribution < 1.29 is 47.6 Å². The number of ether oxygens (including phenoxy) is 6. The second kappa shape index (κ2) is 10.8. The van der Waals surface area contributed by atoms with Crippen molar-refractivity contribution >= 4 is 23.9 Å². The Hall–Kier alpha value is -3.14. The van der Waals surface area contributed by atoms with E-state index < -0.39 is 54.4 Å². The van der Waals surface area contributed by atoms with Crippen LogP contribution in [0.1, 0.15) is 39.4 Å². The summed E-state index contributed by atoms with van der Waals surface area (Å²) in [7, 11) is 1.46. The second-order valence-electron chi connectivity index (χ2n) is 6.86. The summed E-state index contributed by atoms with van der Waals surface area (Å²) in [5.74, 6) is -2.18. The molecule has 1 unspecified atom stereocenters. The van der Waals surface area contributed by atoms with Crippen LogP contribution in [0.5, 0.6) is 5.75 Å². The molecule has 1 aliphatic rings. The van der Waals surface area contributed by atoms with Crippen LogP contribution in [0.2, 0.25) is 0 Å². The van der Waals surface area contributed by atoms with Gasteiger partial charge in [-0.2, -0.15) is 0 Å². The quantitative estimate of drug-likeness (QED) is 0.457. The van der Waals surface area contributed by atoms with Crippen LogP contribution < -0.4 is 4.74 Å². The van der Waals surface area contributed by atoms with E-state index in [2.05, 4.69) is 0 Å². The van der Waals surface area contributed by atoms with E-state index in [-0.39, 0.29) is 6.61 Å². The molecule has 5 atom stereocenters. The molecule has 1 fully saturated rings. The van der Waals surface area contributed by atoms with Crippen LogP contribution in [-0.4, -0.2) is 62.0 Å². The van der Waals surface area contributed by atoms with E-state index in [9.17, 15) is 19.2 Å². The number of carbonyl (C=O) groups is 4. The van der Waals surface area contributed by atoms with Gasteiger partial charge in [0.1, 0.15) is 24.6 Å². The van der Waals surface area contributed by atoms with E-state index in [1.165, 1.54) is 34.8 Å². The molecule has 1 aromatic carbocycles. The van der Waals surface area contributed by atoms with E-state index in [0.717, 1.165) is 0 Å². The molecule has 1 aliphatic heterocycles. The van der Waals surface area contributed by atoms with Gasteiger partial charge in [0.25, 0.3) is 0 Å². The molecule has 0 aliphatic carbocycles. The minimum atomic E-state index is -1.23. The minimum Gasteiger partial charge on any atom is -0.496 e. The Morgan fingerprint density at radius 3 is 1.90 bits per heavy atom. The van der Waals surface area contributed by atoms with Crippen LogP contribution in [0.25, 0.3) is 0 Å². The highest BCUT2D eigenvalue weighted by atomic mass is 16.7. The molecule has 0 N–H and O–H groups in total. The second-order valence-corrected chi connectivity index (χ2v) is 6.86. The normalized spacial score (nSPS) is 25.1. The lowest BCUT2D eigenvalue weighted by Gasteiger charge is -2.44. The molecular weight excluding hydrogens is 412 g/mol. The van der Waals surface area contributed by atoms with Crippen LogP contribution in [-0.2, 0) is 42.9 Å². The summed E-state index contributed by atoms with van der Waals surface area (Å²) < 4.78 is 32.8. The molecule has 2 rings (SSSR count). The Balaban J connectivity index is 2.58. The number of benzene rings is 1. The van der Waals surface area contributed by atoms with Crippen molar-refractivity contribution in [2.45, 2.75) is 58.2 Å². The van der Waals surface area contributed by atoms with E-state index in [1.807, 2.05) is 0 Å². The molecule has 1 heterocycles. The van der Waals surface area contributed by atoms with Gasteiger partial charge < -0.3 is 28.4 Å². The first-order valence-corrected chi connectivity index (χ1v) is 9.57. The van der Waals surface area contributed by atoms with Crippen LogP contribution in [0.15, 0.2) is 24.3 Å². The molecule has 0 saturated carbocycles. The molecule has 0 bridgehead atoms. The highest BCUT2D eigenvalue weighted by molar-refractivity contribution is 5.69. The summed E-state index contributed by atoms with van der Waals surface area (Å²) in [5.41, 5.74) is 0.502. The van der Waals surface area contributed by atoms with Gasteiger partial charge >= 0.3 is 23.9 Å². The lowest BCUT2D eigenvalue weighted by Crippen LogP contribution is -2.59. The molecule has 10 heteroatoms. The van der Waals surface area contributed by atoms with Crippen LogP contribution in [0.3, 0.4) is 0 Å². The smallest absolute Gasteiger partial charge is 0.303 e. The Labute approximate surface area is 179 Å². The van der Waals surface area contributed by atoms with Crippen molar-refractivity contribution in [2.75, 3.05) is 13.7 Å². The molecular formula is C21H26O10. The largest absolute Gasteiger partial charge is 0.496 e. The molecule has 170 valence electrons. The number of carbonyl (C=O) groups excluding carboxylic acids is 4. The zero-order valence-corrected chi connectivity index (χ0v) is 18.0. The summed E-state index contributed by atoms with van der Waals surface area (Å²) in [5, 5.41) is 0. The third-order valence-corrected chi connectivity index (χ3v) is 4.44. The van der Waals surface area contributed by atoms with Gasteiger partial charge in [0.2, 0.25) is 0 Å². The number of rotatable bonds is 7. The molecule has 0 aromatic heterocycles. The topological polar surface area (TPSA) is 124 Å². The summed E-state index contributed by atoms with van der Waals surface area (Å²) in [4.78, 5) is 46.9. The molecule has 0 radical (unpaired) electrons. The van der Waals surface area contributed by atoms with Crippen molar-refractivity contribution in [1.82, 2.24) is 0 Å². The van der Waals surface area contributed by atoms with Gasteiger partial charge in [0.05, 0.1) is 7.11 Å². The number of esters is 4. The van der Waals surface area contributed by atoms with E-state index >= 15 is 0 Å². The Morgan fingerprint density at radius 2 is 1.35 bits per heavy atom. The molecule has 0 amide bonds.